The van der Waals surface area contributed by atoms with Crippen LogP contribution in [-0.4, -0.2) is 25.3 Å². The second-order valence-electron chi connectivity index (χ2n) is 8.56. The highest BCUT2D eigenvalue weighted by molar-refractivity contribution is 5.69. The molecule has 0 bridgehead atoms. The predicted molar refractivity (Wildman–Crippen MR) is 126 cm³/mol. The summed E-state index contributed by atoms with van der Waals surface area (Å²) >= 11 is 0. The molecule has 0 heterocycles. The molecule has 0 aromatic carbocycles. The van der Waals surface area contributed by atoms with E-state index in [4.69, 9.17) is 10.5 Å². The second-order valence-corrected chi connectivity index (χ2v) is 8.56. The summed E-state index contributed by atoms with van der Waals surface area (Å²) in [5.41, 5.74) is 5.65. The lowest BCUT2D eigenvalue weighted by Gasteiger charge is -2.18. The van der Waals surface area contributed by atoms with Crippen LogP contribution in [-0.2, 0) is 9.53 Å². The van der Waals surface area contributed by atoms with Crippen LogP contribution in [0.25, 0.3) is 0 Å². The lowest BCUT2D eigenvalue weighted by atomic mass is 10.0. The van der Waals surface area contributed by atoms with Crippen molar-refractivity contribution in [3.05, 3.63) is 0 Å². The minimum atomic E-state index is -0.212. The molecule has 0 fully saturated rings. The summed E-state index contributed by atoms with van der Waals surface area (Å²) in [6.45, 7) is 5.87. The van der Waals surface area contributed by atoms with Gasteiger partial charge in [-0.1, -0.05) is 110 Å². The summed E-state index contributed by atoms with van der Waals surface area (Å²) in [5.74, 6) is -0.0923. The summed E-state index contributed by atoms with van der Waals surface area (Å²) in [6.07, 6.45) is 23.3. The van der Waals surface area contributed by atoms with Gasteiger partial charge in [0, 0.05) is 12.8 Å². The van der Waals surface area contributed by atoms with Crippen LogP contribution in [0.5, 0.6) is 0 Å². The van der Waals surface area contributed by atoms with E-state index in [2.05, 4.69) is 19.2 Å². The summed E-state index contributed by atoms with van der Waals surface area (Å²) in [4.78, 5) is 11.9. The SMILES string of the molecule is CCCCCCCCCCCCCCCCNC(CCN)OC(=O)CCCCC. The molecule has 0 saturated carbocycles. The fourth-order valence-electron chi connectivity index (χ4n) is 3.67. The number of nitrogens with one attached hydrogen (secondary N) is 1. The zero-order chi connectivity index (χ0) is 21.4. The summed E-state index contributed by atoms with van der Waals surface area (Å²) < 4.78 is 5.53. The monoisotopic (exact) mass is 412 g/mol. The van der Waals surface area contributed by atoms with E-state index in [1.807, 2.05) is 0 Å². The standard InChI is InChI=1S/C25H52N2O2/c1-3-5-7-8-9-10-11-12-13-14-15-16-17-19-23-27-24(21-22-26)29-25(28)20-18-6-4-2/h24,27H,3-23,26H2,1-2H3. The van der Waals surface area contributed by atoms with Gasteiger partial charge in [-0.05, 0) is 25.9 Å². The van der Waals surface area contributed by atoms with Gasteiger partial charge in [0.1, 0.15) is 0 Å². The first kappa shape index (κ1) is 28.4. The first-order valence-corrected chi connectivity index (χ1v) is 12.9. The molecule has 0 aliphatic carbocycles. The molecule has 0 spiro atoms. The first-order chi connectivity index (χ1) is 14.2. The molecule has 4 nitrogen and oxygen atoms in total. The molecule has 0 saturated heterocycles. The molecule has 0 aromatic heterocycles. The number of nitrogens with two attached hydrogens (primary N) is 1. The Hall–Kier alpha value is -0.610. The number of carbonyl (C=O) groups excluding carboxylic acids is 1. The van der Waals surface area contributed by atoms with Gasteiger partial charge in [-0.25, -0.2) is 0 Å². The lowest BCUT2D eigenvalue weighted by Crippen LogP contribution is -2.36. The van der Waals surface area contributed by atoms with Gasteiger partial charge < -0.3 is 10.5 Å². The van der Waals surface area contributed by atoms with Crippen LogP contribution in [0.4, 0.5) is 0 Å². The van der Waals surface area contributed by atoms with Gasteiger partial charge in [0.15, 0.2) is 6.23 Å². The highest BCUT2D eigenvalue weighted by Gasteiger charge is 2.12. The zero-order valence-corrected chi connectivity index (χ0v) is 19.8. The minimum absolute atomic E-state index is 0.0923. The molecule has 0 amide bonds. The Balaban J connectivity index is 3.44. The van der Waals surface area contributed by atoms with Crippen molar-refractivity contribution < 1.29 is 9.53 Å². The Bertz CT molecular complexity index is 337. The van der Waals surface area contributed by atoms with E-state index in [1.165, 1.54) is 83.5 Å². The maximum absolute atomic E-state index is 11.9. The fourth-order valence-corrected chi connectivity index (χ4v) is 3.67. The Morgan fingerprint density at radius 3 is 1.66 bits per heavy atom. The van der Waals surface area contributed by atoms with Crippen molar-refractivity contribution >= 4 is 5.97 Å². The van der Waals surface area contributed by atoms with Crippen LogP contribution in [0, 0.1) is 0 Å². The Morgan fingerprint density at radius 2 is 1.17 bits per heavy atom. The first-order valence-electron chi connectivity index (χ1n) is 12.9. The van der Waals surface area contributed by atoms with Gasteiger partial charge in [0.2, 0.25) is 0 Å². The van der Waals surface area contributed by atoms with Gasteiger partial charge in [-0.3, -0.25) is 10.1 Å². The van der Waals surface area contributed by atoms with Crippen LogP contribution in [0.3, 0.4) is 0 Å². The summed E-state index contributed by atoms with van der Waals surface area (Å²) in [6, 6.07) is 0. The Morgan fingerprint density at radius 1 is 0.724 bits per heavy atom. The van der Waals surface area contributed by atoms with Crippen molar-refractivity contribution in [3.63, 3.8) is 0 Å². The molecule has 3 N–H and O–H groups in total. The normalized spacial score (nSPS) is 12.2. The molecular formula is C25H52N2O2. The highest BCUT2D eigenvalue weighted by atomic mass is 16.6. The van der Waals surface area contributed by atoms with Crippen molar-refractivity contribution in [1.29, 1.82) is 0 Å². The number of hydrogen-bond donors (Lipinski definition) is 2. The average molecular weight is 413 g/mol. The molecule has 4 heteroatoms. The van der Waals surface area contributed by atoms with Crippen molar-refractivity contribution in [2.75, 3.05) is 13.1 Å². The van der Waals surface area contributed by atoms with Crippen molar-refractivity contribution in [1.82, 2.24) is 5.32 Å². The van der Waals surface area contributed by atoms with Crippen molar-refractivity contribution in [2.45, 2.75) is 142 Å². The van der Waals surface area contributed by atoms with E-state index in [0.29, 0.717) is 19.4 Å². The van der Waals surface area contributed by atoms with Crippen LogP contribution in [0.15, 0.2) is 0 Å². The largest absolute Gasteiger partial charge is 0.447 e. The lowest BCUT2D eigenvalue weighted by molar-refractivity contribution is -0.151. The number of hydrogen-bond acceptors (Lipinski definition) is 4. The molecule has 1 unspecified atom stereocenters. The number of esters is 1. The predicted octanol–water partition coefficient (Wildman–Crippen LogP) is 6.86. The van der Waals surface area contributed by atoms with E-state index in [-0.39, 0.29) is 12.2 Å². The van der Waals surface area contributed by atoms with Crippen LogP contribution >= 0.6 is 0 Å². The van der Waals surface area contributed by atoms with Gasteiger partial charge >= 0.3 is 5.97 Å². The zero-order valence-electron chi connectivity index (χ0n) is 19.8. The highest BCUT2D eigenvalue weighted by Crippen LogP contribution is 2.13. The number of unbranched alkanes of at least 4 members (excludes halogenated alkanes) is 15. The molecule has 0 aliphatic rings. The average Bonchev–Trinajstić information content (AvgIpc) is 2.71. The minimum Gasteiger partial charge on any atom is -0.447 e. The molecule has 1 atom stereocenters. The summed E-state index contributed by atoms with van der Waals surface area (Å²) in [7, 11) is 0. The van der Waals surface area contributed by atoms with Gasteiger partial charge in [0.25, 0.3) is 0 Å². The van der Waals surface area contributed by atoms with E-state index >= 15 is 0 Å². The van der Waals surface area contributed by atoms with E-state index in [0.717, 1.165) is 32.2 Å². The summed E-state index contributed by atoms with van der Waals surface area (Å²) in [5, 5.41) is 3.36. The molecule has 174 valence electrons. The Kier molecular flexibility index (Phi) is 23.2. The van der Waals surface area contributed by atoms with Crippen molar-refractivity contribution in [3.8, 4) is 0 Å². The van der Waals surface area contributed by atoms with E-state index in [9.17, 15) is 4.79 Å². The molecule has 0 rings (SSSR count). The molecule has 0 aliphatic heterocycles. The quantitative estimate of drug-likeness (QED) is 0.109. The van der Waals surface area contributed by atoms with E-state index < -0.39 is 0 Å². The third-order valence-corrected chi connectivity index (χ3v) is 5.59. The maximum Gasteiger partial charge on any atom is 0.307 e. The number of carbonyl (C=O) groups is 1. The third-order valence-electron chi connectivity index (χ3n) is 5.59. The van der Waals surface area contributed by atoms with Gasteiger partial charge in [-0.15, -0.1) is 0 Å². The van der Waals surface area contributed by atoms with Gasteiger partial charge in [-0.2, -0.15) is 0 Å². The smallest absolute Gasteiger partial charge is 0.307 e. The maximum atomic E-state index is 11.9. The molecule has 0 aromatic rings. The second kappa shape index (κ2) is 23.7. The third kappa shape index (κ3) is 21.9. The molecule has 29 heavy (non-hydrogen) atoms. The van der Waals surface area contributed by atoms with Crippen LogP contribution in [0.1, 0.15) is 136 Å². The van der Waals surface area contributed by atoms with E-state index in [1.54, 1.807) is 0 Å². The molecule has 0 radical (unpaired) electrons. The van der Waals surface area contributed by atoms with Crippen molar-refractivity contribution in [2.24, 2.45) is 5.73 Å². The fraction of sp³-hybridized carbons (Fsp3) is 0.960. The van der Waals surface area contributed by atoms with Gasteiger partial charge in [0.05, 0.1) is 0 Å². The Labute approximate surface area is 182 Å². The number of rotatable bonds is 23. The molecular weight excluding hydrogens is 360 g/mol. The topological polar surface area (TPSA) is 64.3 Å². The van der Waals surface area contributed by atoms with Crippen LogP contribution < -0.4 is 11.1 Å². The van der Waals surface area contributed by atoms with Crippen LogP contribution in [0.2, 0.25) is 0 Å². The number of ether oxygens (including phenoxy) is 1.